The van der Waals surface area contributed by atoms with Crippen molar-refractivity contribution in [1.82, 2.24) is 10.6 Å². The highest BCUT2D eigenvalue weighted by molar-refractivity contribution is 5.76. The topological polar surface area (TPSA) is 41.1 Å². The first kappa shape index (κ1) is 14.5. The number of carbonyl (C=O) groups excluding carboxylic acids is 1. The maximum atomic E-state index is 11.4. The van der Waals surface area contributed by atoms with E-state index in [-0.39, 0.29) is 5.91 Å². The van der Waals surface area contributed by atoms with E-state index in [9.17, 15) is 4.79 Å². The van der Waals surface area contributed by atoms with Gasteiger partial charge in [-0.25, -0.2) is 0 Å². The second-order valence-corrected chi connectivity index (χ2v) is 5.30. The lowest BCUT2D eigenvalue weighted by Crippen LogP contribution is -2.32. The molecule has 0 radical (unpaired) electrons. The van der Waals surface area contributed by atoms with Gasteiger partial charge in [0.25, 0.3) is 0 Å². The molecule has 1 amide bonds. The fourth-order valence-electron chi connectivity index (χ4n) is 1.94. The van der Waals surface area contributed by atoms with E-state index in [0.717, 1.165) is 6.54 Å². The van der Waals surface area contributed by atoms with Crippen molar-refractivity contribution in [2.24, 2.45) is 0 Å². The van der Waals surface area contributed by atoms with E-state index in [1.807, 2.05) is 0 Å². The highest BCUT2D eigenvalue weighted by atomic mass is 16.1. The Balaban J connectivity index is 1.88. The summed E-state index contributed by atoms with van der Waals surface area (Å²) in [6.07, 6.45) is 9.47. The first-order chi connectivity index (χ1) is 8.22. The first-order valence-corrected chi connectivity index (χ1v) is 7.25. The van der Waals surface area contributed by atoms with Gasteiger partial charge >= 0.3 is 0 Å². The number of hydrogen-bond acceptors (Lipinski definition) is 2. The summed E-state index contributed by atoms with van der Waals surface area (Å²) < 4.78 is 0. The van der Waals surface area contributed by atoms with Crippen LogP contribution in [-0.2, 0) is 4.79 Å². The van der Waals surface area contributed by atoms with Crippen LogP contribution in [0.4, 0.5) is 0 Å². The van der Waals surface area contributed by atoms with Crippen molar-refractivity contribution < 1.29 is 4.79 Å². The number of nitrogens with one attached hydrogen (secondary N) is 2. The summed E-state index contributed by atoms with van der Waals surface area (Å²) in [5.41, 5.74) is 0. The number of rotatable bonds is 10. The molecule has 0 aromatic carbocycles. The molecule has 0 heterocycles. The summed E-state index contributed by atoms with van der Waals surface area (Å²) in [6.45, 7) is 5.26. The molecule has 0 spiro atoms. The Kier molecular flexibility index (Phi) is 7.25. The fourth-order valence-corrected chi connectivity index (χ4v) is 1.94. The molecule has 3 heteroatoms. The van der Waals surface area contributed by atoms with Gasteiger partial charge in [0.1, 0.15) is 0 Å². The van der Waals surface area contributed by atoms with Crippen LogP contribution in [0.3, 0.4) is 0 Å². The number of amides is 1. The van der Waals surface area contributed by atoms with E-state index in [4.69, 9.17) is 0 Å². The highest BCUT2D eigenvalue weighted by Crippen LogP contribution is 2.18. The zero-order valence-electron chi connectivity index (χ0n) is 11.4. The predicted octanol–water partition coefficient (Wildman–Crippen LogP) is 2.60. The molecular weight excluding hydrogens is 212 g/mol. The normalized spacial score (nSPS) is 16.8. The third kappa shape index (κ3) is 8.19. The van der Waals surface area contributed by atoms with Gasteiger partial charge in [0.15, 0.2) is 0 Å². The van der Waals surface area contributed by atoms with Gasteiger partial charge in [-0.2, -0.15) is 0 Å². The van der Waals surface area contributed by atoms with E-state index >= 15 is 0 Å². The molecule has 0 aromatic rings. The number of hydrogen-bond donors (Lipinski definition) is 2. The average Bonchev–Trinajstić information content (AvgIpc) is 3.08. The summed E-state index contributed by atoms with van der Waals surface area (Å²) in [6, 6.07) is 1.04. The third-order valence-electron chi connectivity index (χ3n) is 3.28. The lowest BCUT2D eigenvalue weighted by Gasteiger charge is -2.13. The molecule has 1 aliphatic rings. The number of carbonyl (C=O) groups is 1. The Morgan fingerprint density at radius 2 is 2.06 bits per heavy atom. The van der Waals surface area contributed by atoms with Crippen molar-refractivity contribution >= 4 is 5.91 Å². The van der Waals surface area contributed by atoms with Crippen LogP contribution in [0.1, 0.15) is 65.2 Å². The summed E-state index contributed by atoms with van der Waals surface area (Å²) in [7, 11) is 0. The summed E-state index contributed by atoms with van der Waals surface area (Å²) in [4.78, 5) is 11.4. The van der Waals surface area contributed by atoms with Gasteiger partial charge in [-0.3, -0.25) is 4.79 Å². The second kappa shape index (κ2) is 8.51. The monoisotopic (exact) mass is 240 g/mol. The third-order valence-corrected chi connectivity index (χ3v) is 3.28. The largest absolute Gasteiger partial charge is 0.353 e. The molecule has 0 aromatic heterocycles. The molecule has 1 fully saturated rings. The molecule has 17 heavy (non-hydrogen) atoms. The Bertz CT molecular complexity index is 214. The van der Waals surface area contributed by atoms with Gasteiger partial charge in [-0.1, -0.05) is 32.6 Å². The maximum Gasteiger partial charge on any atom is 0.221 e. The van der Waals surface area contributed by atoms with Crippen LogP contribution in [0.15, 0.2) is 0 Å². The summed E-state index contributed by atoms with van der Waals surface area (Å²) >= 11 is 0. The van der Waals surface area contributed by atoms with Gasteiger partial charge in [0.2, 0.25) is 5.91 Å². The van der Waals surface area contributed by atoms with Crippen molar-refractivity contribution in [2.45, 2.75) is 77.3 Å². The molecule has 0 saturated heterocycles. The Hall–Kier alpha value is -0.570. The molecule has 1 unspecified atom stereocenters. The van der Waals surface area contributed by atoms with Gasteiger partial charge in [-0.15, -0.1) is 0 Å². The van der Waals surface area contributed by atoms with Crippen molar-refractivity contribution in [1.29, 1.82) is 0 Å². The first-order valence-electron chi connectivity index (χ1n) is 7.25. The maximum absolute atomic E-state index is 11.4. The van der Waals surface area contributed by atoms with Crippen LogP contribution in [0, 0.1) is 0 Å². The van der Waals surface area contributed by atoms with Gasteiger partial charge < -0.3 is 10.6 Å². The van der Waals surface area contributed by atoms with Gasteiger partial charge in [0.05, 0.1) is 0 Å². The van der Waals surface area contributed by atoms with Crippen molar-refractivity contribution in [2.75, 3.05) is 6.54 Å². The van der Waals surface area contributed by atoms with Crippen molar-refractivity contribution in [3.05, 3.63) is 0 Å². The van der Waals surface area contributed by atoms with Crippen LogP contribution in [-0.4, -0.2) is 24.5 Å². The molecule has 100 valence electrons. The molecule has 0 aliphatic heterocycles. The summed E-state index contributed by atoms with van der Waals surface area (Å²) in [5, 5.41) is 6.43. The standard InChI is InChI=1S/C14H28N2O/c1-3-4-5-6-7-12(2)15-11-10-14(17)16-13-8-9-13/h12-13,15H,3-11H2,1-2H3,(H,16,17). The lowest BCUT2D eigenvalue weighted by atomic mass is 10.1. The van der Waals surface area contributed by atoms with E-state index in [1.54, 1.807) is 0 Å². The van der Waals surface area contributed by atoms with Crippen molar-refractivity contribution in [3.63, 3.8) is 0 Å². The summed E-state index contributed by atoms with van der Waals surface area (Å²) in [5.74, 6) is 0.207. The predicted molar refractivity (Wildman–Crippen MR) is 72.0 cm³/mol. The second-order valence-electron chi connectivity index (χ2n) is 5.30. The zero-order valence-corrected chi connectivity index (χ0v) is 11.4. The molecular formula is C14H28N2O. The highest BCUT2D eigenvalue weighted by Gasteiger charge is 2.22. The SMILES string of the molecule is CCCCCCC(C)NCCC(=O)NC1CC1. The van der Waals surface area contributed by atoms with Crippen LogP contribution >= 0.6 is 0 Å². The Morgan fingerprint density at radius 1 is 1.29 bits per heavy atom. The Labute approximate surface area is 106 Å². The smallest absolute Gasteiger partial charge is 0.221 e. The molecule has 1 saturated carbocycles. The Morgan fingerprint density at radius 3 is 2.71 bits per heavy atom. The van der Waals surface area contributed by atoms with Crippen LogP contribution < -0.4 is 10.6 Å². The van der Waals surface area contributed by atoms with E-state index < -0.39 is 0 Å². The van der Waals surface area contributed by atoms with Gasteiger partial charge in [-0.05, 0) is 26.2 Å². The molecule has 1 rings (SSSR count). The average molecular weight is 240 g/mol. The quantitative estimate of drug-likeness (QED) is 0.576. The van der Waals surface area contributed by atoms with Gasteiger partial charge in [0, 0.05) is 25.0 Å². The molecule has 0 bridgehead atoms. The zero-order chi connectivity index (χ0) is 12.5. The van der Waals surface area contributed by atoms with Crippen LogP contribution in [0.2, 0.25) is 0 Å². The van der Waals surface area contributed by atoms with Crippen LogP contribution in [0.5, 0.6) is 0 Å². The van der Waals surface area contributed by atoms with E-state index in [0.29, 0.717) is 18.5 Å². The van der Waals surface area contributed by atoms with Crippen LogP contribution in [0.25, 0.3) is 0 Å². The fraction of sp³-hybridized carbons (Fsp3) is 0.929. The minimum Gasteiger partial charge on any atom is -0.353 e. The van der Waals surface area contributed by atoms with Crippen molar-refractivity contribution in [3.8, 4) is 0 Å². The van der Waals surface area contributed by atoms with E-state index in [1.165, 1.54) is 44.9 Å². The number of unbranched alkanes of at least 4 members (excludes halogenated alkanes) is 3. The minimum absolute atomic E-state index is 0.207. The minimum atomic E-state index is 0.207. The molecule has 1 aliphatic carbocycles. The molecule has 2 N–H and O–H groups in total. The van der Waals surface area contributed by atoms with E-state index in [2.05, 4.69) is 24.5 Å². The molecule has 3 nitrogen and oxygen atoms in total. The molecule has 1 atom stereocenters. The lowest BCUT2D eigenvalue weighted by molar-refractivity contribution is -0.121.